The zero-order valence-corrected chi connectivity index (χ0v) is 7.70. The van der Waals surface area contributed by atoms with Crippen molar-refractivity contribution in [2.45, 2.75) is 25.6 Å². The molecule has 0 unspecified atom stereocenters. The molecule has 1 fully saturated rings. The third-order valence-electron chi connectivity index (χ3n) is 2.01. The molecule has 2 rings (SSSR count). The predicted octanol–water partition coefficient (Wildman–Crippen LogP) is 1.82. The third kappa shape index (κ3) is 1.49. The monoisotopic (exact) mass is 186 g/mol. The van der Waals surface area contributed by atoms with Crippen molar-refractivity contribution in [3.8, 4) is 0 Å². The molecule has 0 aromatic carbocycles. The number of rotatable bonds is 1. The summed E-state index contributed by atoms with van der Waals surface area (Å²) in [4.78, 5) is 4.32. The third-order valence-corrected chi connectivity index (χ3v) is 3.09. The number of halogens is 1. The molecule has 0 radical (unpaired) electrons. The van der Waals surface area contributed by atoms with E-state index in [2.05, 4.69) is 10.3 Å². The van der Waals surface area contributed by atoms with Crippen LogP contribution >= 0.6 is 11.3 Å². The quantitative estimate of drug-likeness (QED) is 0.723. The number of hydrogen-bond donors (Lipinski definition) is 1. The Morgan fingerprint density at radius 2 is 2.58 bits per heavy atom. The lowest BCUT2D eigenvalue weighted by Gasteiger charge is -2.03. The van der Waals surface area contributed by atoms with Gasteiger partial charge >= 0.3 is 0 Å². The second kappa shape index (κ2) is 3.11. The Labute approximate surface area is 74.8 Å². The van der Waals surface area contributed by atoms with E-state index in [0.717, 1.165) is 10.7 Å². The number of hydrogen-bond acceptors (Lipinski definition) is 3. The van der Waals surface area contributed by atoms with Crippen molar-refractivity contribution in [1.82, 2.24) is 10.3 Å². The molecule has 1 N–H and O–H groups in total. The van der Waals surface area contributed by atoms with E-state index < -0.39 is 6.17 Å². The number of nitrogens with one attached hydrogen (secondary N) is 1. The molecule has 0 spiro atoms. The minimum absolute atomic E-state index is 0.152. The lowest BCUT2D eigenvalue weighted by Crippen LogP contribution is -2.13. The molecule has 2 heterocycles. The van der Waals surface area contributed by atoms with Gasteiger partial charge in [0.1, 0.15) is 11.2 Å². The van der Waals surface area contributed by atoms with Crippen molar-refractivity contribution in [2.75, 3.05) is 6.54 Å². The average Bonchev–Trinajstić information content (AvgIpc) is 2.58. The van der Waals surface area contributed by atoms with E-state index in [1.807, 2.05) is 12.3 Å². The number of alkyl halides is 1. The van der Waals surface area contributed by atoms with Crippen molar-refractivity contribution >= 4 is 11.3 Å². The minimum atomic E-state index is -0.695. The van der Waals surface area contributed by atoms with E-state index >= 15 is 0 Å². The highest BCUT2D eigenvalue weighted by Gasteiger charge is 2.26. The molecular formula is C8H11FN2S. The summed E-state index contributed by atoms with van der Waals surface area (Å²) >= 11 is 1.61. The summed E-state index contributed by atoms with van der Waals surface area (Å²) in [6.07, 6.45) is -0.119. The van der Waals surface area contributed by atoms with Gasteiger partial charge < -0.3 is 5.32 Å². The Balaban J connectivity index is 2.11. The van der Waals surface area contributed by atoms with E-state index in [9.17, 15) is 4.39 Å². The molecule has 1 aliphatic rings. The van der Waals surface area contributed by atoms with E-state index in [4.69, 9.17) is 0 Å². The van der Waals surface area contributed by atoms with Gasteiger partial charge in [0.05, 0.1) is 6.04 Å². The maximum Gasteiger partial charge on any atom is 0.114 e. The largest absolute Gasteiger partial charge is 0.305 e. The average molecular weight is 186 g/mol. The smallest absolute Gasteiger partial charge is 0.114 e. The number of aryl methyl sites for hydroxylation is 1. The van der Waals surface area contributed by atoms with Crippen LogP contribution in [0.3, 0.4) is 0 Å². The normalized spacial score (nSPS) is 29.5. The highest BCUT2D eigenvalue weighted by Crippen LogP contribution is 2.27. The molecule has 66 valence electrons. The summed E-state index contributed by atoms with van der Waals surface area (Å²) in [7, 11) is 0. The van der Waals surface area contributed by atoms with Crippen LogP contribution in [-0.2, 0) is 0 Å². The van der Waals surface area contributed by atoms with Crippen LogP contribution in [0, 0.1) is 6.92 Å². The van der Waals surface area contributed by atoms with Gasteiger partial charge in [-0.05, 0) is 6.92 Å². The molecule has 12 heavy (non-hydrogen) atoms. The number of nitrogens with zero attached hydrogens (tertiary/aromatic N) is 1. The summed E-state index contributed by atoms with van der Waals surface area (Å²) in [5.74, 6) is 0. The fourth-order valence-electron chi connectivity index (χ4n) is 1.41. The topological polar surface area (TPSA) is 24.9 Å². The van der Waals surface area contributed by atoms with Gasteiger partial charge in [0, 0.05) is 24.0 Å². The van der Waals surface area contributed by atoms with Gasteiger partial charge in [-0.1, -0.05) is 0 Å². The molecule has 4 heteroatoms. The lowest BCUT2D eigenvalue weighted by atomic mass is 10.2. The van der Waals surface area contributed by atoms with Gasteiger partial charge in [-0.25, -0.2) is 9.37 Å². The van der Waals surface area contributed by atoms with E-state index in [1.54, 1.807) is 11.3 Å². The molecule has 0 amide bonds. The molecule has 2 atom stereocenters. The molecule has 2 nitrogen and oxygen atoms in total. The Morgan fingerprint density at radius 1 is 1.75 bits per heavy atom. The van der Waals surface area contributed by atoms with Crippen molar-refractivity contribution in [3.05, 3.63) is 16.1 Å². The Kier molecular flexibility index (Phi) is 2.11. The second-order valence-electron chi connectivity index (χ2n) is 3.12. The second-order valence-corrected chi connectivity index (χ2v) is 4.01. The van der Waals surface area contributed by atoms with Crippen LogP contribution in [0.4, 0.5) is 4.39 Å². The van der Waals surface area contributed by atoms with Gasteiger partial charge in [0.25, 0.3) is 0 Å². The minimum Gasteiger partial charge on any atom is -0.305 e. The van der Waals surface area contributed by atoms with Crippen molar-refractivity contribution < 1.29 is 4.39 Å². The van der Waals surface area contributed by atoms with Gasteiger partial charge in [0.2, 0.25) is 0 Å². The Bertz CT molecular complexity index is 274. The fourth-order valence-corrected chi connectivity index (χ4v) is 2.30. The maximum atomic E-state index is 12.8. The first-order chi connectivity index (χ1) is 5.75. The Morgan fingerprint density at radius 3 is 3.08 bits per heavy atom. The van der Waals surface area contributed by atoms with Crippen LogP contribution < -0.4 is 5.32 Å². The highest BCUT2D eigenvalue weighted by atomic mass is 32.1. The number of aromatic nitrogens is 1. The van der Waals surface area contributed by atoms with Crippen LogP contribution in [0.5, 0.6) is 0 Å². The zero-order valence-electron chi connectivity index (χ0n) is 6.88. The number of thiazole rings is 1. The molecular weight excluding hydrogens is 175 g/mol. The summed E-state index contributed by atoms with van der Waals surface area (Å²) < 4.78 is 12.8. The SMILES string of the molecule is Cc1csc([C@H]2C[C@H](F)CN2)n1. The summed E-state index contributed by atoms with van der Waals surface area (Å²) in [5, 5.41) is 6.13. The highest BCUT2D eigenvalue weighted by molar-refractivity contribution is 7.09. The molecule has 1 aromatic rings. The fraction of sp³-hybridized carbons (Fsp3) is 0.625. The van der Waals surface area contributed by atoms with E-state index in [-0.39, 0.29) is 6.04 Å². The summed E-state index contributed by atoms with van der Waals surface area (Å²) in [6, 6.07) is 0.152. The first-order valence-corrected chi connectivity index (χ1v) is 4.93. The zero-order chi connectivity index (χ0) is 8.55. The van der Waals surface area contributed by atoms with Gasteiger partial charge in [0.15, 0.2) is 0 Å². The van der Waals surface area contributed by atoms with Crippen molar-refractivity contribution in [3.63, 3.8) is 0 Å². The van der Waals surface area contributed by atoms with Crippen LogP contribution in [0.15, 0.2) is 5.38 Å². The van der Waals surface area contributed by atoms with E-state index in [0.29, 0.717) is 13.0 Å². The van der Waals surface area contributed by atoms with Crippen LogP contribution in [0.25, 0.3) is 0 Å². The van der Waals surface area contributed by atoms with Crippen LogP contribution in [-0.4, -0.2) is 17.7 Å². The van der Waals surface area contributed by atoms with Gasteiger partial charge in [-0.15, -0.1) is 11.3 Å². The van der Waals surface area contributed by atoms with Crippen molar-refractivity contribution in [2.24, 2.45) is 0 Å². The van der Waals surface area contributed by atoms with Crippen LogP contribution in [0.2, 0.25) is 0 Å². The van der Waals surface area contributed by atoms with Gasteiger partial charge in [-0.3, -0.25) is 0 Å². The van der Waals surface area contributed by atoms with E-state index in [1.165, 1.54) is 0 Å². The predicted molar refractivity (Wildman–Crippen MR) is 47.1 cm³/mol. The molecule has 0 saturated carbocycles. The molecule has 1 aliphatic heterocycles. The summed E-state index contributed by atoms with van der Waals surface area (Å²) in [5.41, 5.74) is 1.03. The van der Waals surface area contributed by atoms with Gasteiger partial charge in [-0.2, -0.15) is 0 Å². The van der Waals surface area contributed by atoms with Crippen LogP contribution in [0.1, 0.15) is 23.2 Å². The molecule has 0 aliphatic carbocycles. The Hall–Kier alpha value is -0.480. The molecule has 1 aromatic heterocycles. The first kappa shape index (κ1) is 8.13. The lowest BCUT2D eigenvalue weighted by molar-refractivity contribution is 0.356. The molecule has 0 bridgehead atoms. The molecule has 1 saturated heterocycles. The first-order valence-electron chi connectivity index (χ1n) is 4.05. The van der Waals surface area contributed by atoms with Crippen molar-refractivity contribution in [1.29, 1.82) is 0 Å². The summed E-state index contributed by atoms with van der Waals surface area (Å²) in [6.45, 7) is 2.44. The maximum absolute atomic E-state index is 12.8. The standard InChI is InChI=1S/C8H11FN2S/c1-5-4-12-8(11-5)7-2-6(9)3-10-7/h4,6-7,10H,2-3H2,1H3/t6-,7+/m0/s1.